The van der Waals surface area contributed by atoms with Gasteiger partial charge in [-0.05, 0) is 29.2 Å². The van der Waals surface area contributed by atoms with Crippen molar-refractivity contribution in [1.29, 1.82) is 0 Å². The third-order valence-electron chi connectivity index (χ3n) is 3.54. The first-order valence-electron chi connectivity index (χ1n) is 6.98. The van der Waals surface area contributed by atoms with Crippen molar-refractivity contribution >= 4 is 40.8 Å². The highest BCUT2D eigenvalue weighted by Crippen LogP contribution is 2.31. The van der Waals surface area contributed by atoms with Crippen LogP contribution in [0.2, 0.25) is 0 Å². The molecule has 0 fully saturated rings. The Bertz CT molecular complexity index is 808. The zero-order chi connectivity index (χ0) is 16.4. The number of carbonyl (C=O) groups is 3. The Morgan fingerprint density at radius 1 is 1.09 bits per heavy atom. The summed E-state index contributed by atoms with van der Waals surface area (Å²) in [4.78, 5) is 37.6. The normalized spacial score (nSPS) is 15.8. The Labute approximate surface area is 136 Å². The third kappa shape index (κ3) is 2.93. The summed E-state index contributed by atoms with van der Waals surface area (Å²) in [6.45, 7) is -0.198. The summed E-state index contributed by atoms with van der Waals surface area (Å²) in [6, 6.07) is 10.6. The Balaban J connectivity index is 2.07. The number of fused-ring (bicyclic) bond motifs is 1. The first kappa shape index (κ1) is 15.2. The lowest BCUT2D eigenvalue weighted by molar-refractivity contribution is -0.305. The monoisotopic (exact) mass is 326 g/mol. The molecule has 0 atom stereocenters. The molecule has 2 aromatic rings. The summed E-state index contributed by atoms with van der Waals surface area (Å²) in [7, 11) is 0. The second-order valence-electron chi connectivity index (χ2n) is 5.00. The minimum atomic E-state index is -1.30. The molecule has 1 aliphatic rings. The fourth-order valence-corrected chi connectivity index (χ4v) is 3.12. The second-order valence-corrected chi connectivity index (χ2v) is 5.98. The molecule has 5 nitrogen and oxygen atoms in total. The molecule has 0 spiro atoms. The maximum Gasteiger partial charge on any atom is 0.261 e. The first-order chi connectivity index (χ1) is 11.1. The molecular formula is C17H12NO4S-. The van der Waals surface area contributed by atoms with E-state index in [4.69, 9.17) is 0 Å². The van der Waals surface area contributed by atoms with E-state index >= 15 is 0 Å². The van der Waals surface area contributed by atoms with Crippen LogP contribution in [-0.4, -0.2) is 29.2 Å². The number of thiophene rings is 1. The summed E-state index contributed by atoms with van der Waals surface area (Å²) >= 11 is 1.48. The van der Waals surface area contributed by atoms with Crippen LogP contribution in [0.3, 0.4) is 0 Å². The van der Waals surface area contributed by atoms with Crippen molar-refractivity contribution in [2.45, 2.75) is 6.42 Å². The molecule has 0 radical (unpaired) electrons. The Kier molecular flexibility index (Phi) is 4.08. The number of hydrogen-bond donors (Lipinski definition) is 0. The highest BCUT2D eigenvalue weighted by molar-refractivity contribution is 7.11. The number of aliphatic carboxylic acids is 1. The van der Waals surface area contributed by atoms with Crippen molar-refractivity contribution in [3.8, 4) is 0 Å². The van der Waals surface area contributed by atoms with Crippen LogP contribution in [0.25, 0.3) is 11.6 Å². The van der Waals surface area contributed by atoms with Gasteiger partial charge in [-0.1, -0.05) is 24.3 Å². The van der Waals surface area contributed by atoms with Gasteiger partial charge in [0.05, 0.1) is 0 Å². The molecule has 0 saturated heterocycles. The van der Waals surface area contributed by atoms with Crippen LogP contribution in [0.4, 0.5) is 0 Å². The van der Waals surface area contributed by atoms with Crippen molar-refractivity contribution in [2.75, 3.05) is 6.54 Å². The average molecular weight is 326 g/mol. The minimum Gasteiger partial charge on any atom is -0.550 e. The van der Waals surface area contributed by atoms with E-state index in [1.54, 1.807) is 30.3 Å². The number of amides is 2. The molecule has 0 saturated carbocycles. The summed E-state index contributed by atoms with van der Waals surface area (Å²) in [6.07, 6.45) is 1.34. The standard InChI is InChI=1S/C17H13NO4S/c19-15(20)7-8-18-16(21)13-6-2-1-5-12(13)14(17(18)22)10-11-4-3-9-23-11/h1-6,9-10H,7-8H2,(H,19,20)/p-1. The number of carboxylic acids is 1. The lowest BCUT2D eigenvalue weighted by atomic mass is 9.93. The number of carboxylic acid groups (broad SMARTS) is 1. The number of benzene rings is 1. The lowest BCUT2D eigenvalue weighted by Gasteiger charge is -2.28. The van der Waals surface area contributed by atoms with Crippen LogP contribution >= 0.6 is 11.3 Å². The maximum absolute atomic E-state index is 12.7. The highest BCUT2D eigenvalue weighted by atomic mass is 32.1. The zero-order valence-electron chi connectivity index (χ0n) is 12.0. The molecule has 2 heterocycles. The van der Waals surface area contributed by atoms with E-state index in [0.717, 1.165) is 9.78 Å². The van der Waals surface area contributed by atoms with E-state index in [2.05, 4.69) is 0 Å². The molecule has 3 rings (SSSR count). The molecule has 6 heteroatoms. The average Bonchev–Trinajstić information content (AvgIpc) is 3.04. The lowest BCUT2D eigenvalue weighted by Crippen LogP contribution is -2.43. The van der Waals surface area contributed by atoms with Crippen molar-refractivity contribution in [3.63, 3.8) is 0 Å². The molecule has 0 aliphatic carbocycles. The smallest absolute Gasteiger partial charge is 0.261 e. The van der Waals surface area contributed by atoms with Crippen molar-refractivity contribution in [1.82, 2.24) is 4.90 Å². The summed E-state index contributed by atoms with van der Waals surface area (Å²) in [5.41, 5.74) is 1.36. The quantitative estimate of drug-likeness (QED) is 0.629. The summed E-state index contributed by atoms with van der Waals surface area (Å²) in [5, 5.41) is 12.6. The maximum atomic E-state index is 12.7. The fraction of sp³-hybridized carbons (Fsp3) is 0.118. The number of hydrogen-bond acceptors (Lipinski definition) is 5. The number of nitrogens with zero attached hydrogens (tertiary/aromatic N) is 1. The topological polar surface area (TPSA) is 77.5 Å². The molecule has 0 unspecified atom stereocenters. The van der Waals surface area contributed by atoms with Gasteiger partial charge in [-0.2, -0.15) is 0 Å². The van der Waals surface area contributed by atoms with Gasteiger partial charge in [0.2, 0.25) is 0 Å². The molecule has 0 N–H and O–H groups in total. The molecule has 23 heavy (non-hydrogen) atoms. The van der Waals surface area contributed by atoms with Gasteiger partial charge in [-0.15, -0.1) is 11.3 Å². The van der Waals surface area contributed by atoms with Crippen LogP contribution in [0.1, 0.15) is 27.2 Å². The largest absolute Gasteiger partial charge is 0.550 e. The van der Waals surface area contributed by atoms with Gasteiger partial charge in [0.15, 0.2) is 0 Å². The van der Waals surface area contributed by atoms with Gasteiger partial charge in [-0.25, -0.2) is 0 Å². The summed E-state index contributed by atoms with van der Waals surface area (Å²) < 4.78 is 0. The first-order valence-corrected chi connectivity index (χ1v) is 7.86. The number of rotatable bonds is 4. The predicted octanol–water partition coefficient (Wildman–Crippen LogP) is 1.41. The Hall–Kier alpha value is -2.73. The van der Waals surface area contributed by atoms with Crippen molar-refractivity contribution < 1.29 is 19.5 Å². The summed E-state index contributed by atoms with van der Waals surface area (Å²) in [5.74, 6) is -2.26. The van der Waals surface area contributed by atoms with Crippen molar-refractivity contribution in [2.24, 2.45) is 0 Å². The SMILES string of the molecule is O=C([O-])CCN1C(=O)C(=Cc2cccs2)c2ccccc2C1=O. The number of carbonyl (C=O) groups excluding carboxylic acids is 3. The molecular weight excluding hydrogens is 314 g/mol. The van der Waals surface area contributed by atoms with Gasteiger partial charge < -0.3 is 9.90 Å². The van der Waals surface area contributed by atoms with Gasteiger partial charge in [0, 0.05) is 34.9 Å². The van der Waals surface area contributed by atoms with E-state index in [1.165, 1.54) is 11.3 Å². The Morgan fingerprint density at radius 3 is 2.48 bits per heavy atom. The molecule has 1 aliphatic heterocycles. The van der Waals surface area contributed by atoms with Gasteiger partial charge >= 0.3 is 0 Å². The molecule has 116 valence electrons. The Morgan fingerprint density at radius 2 is 1.83 bits per heavy atom. The molecule has 2 amide bonds. The van der Waals surface area contributed by atoms with Crippen LogP contribution in [0, 0.1) is 0 Å². The second kappa shape index (κ2) is 6.18. The van der Waals surface area contributed by atoms with Crippen molar-refractivity contribution in [3.05, 3.63) is 57.8 Å². The van der Waals surface area contributed by atoms with Gasteiger partial charge in [0.25, 0.3) is 11.8 Å². The third-order valence-corrected chi connectivity index (χ3v) is 4.36. The number of imide groups is 1. The predicted molar refractivity (Wildman–Crippen MR) is 84.3 cm³/mol. The minimum absolute atomic E-state index is 0.198. The molecule has 0 bridgehead atoms. The van der Waals surface area contributed by atoms with E-state index in [1.807, 2.05) is 17.5 Å². The van der Waals surface area contributed by atoms with Crippen LogP contribution < -0.4 is 5.11 Å². The van der Waals surface area contributed by atoms with Crippen LogP contribution in [0.15, 0.2) is 41.8 Å². The molecule has 1 aromatic carbocycles. The van der Waals surface area contributed by atoms with Crippen LogP contribution in [0.5, 0.6) is 0 Å². The van der Waals surface area contributed by atoms with Crippen LogP contribution in [-0.2, 0) is 9.59 Å². The zero-order valence-corrected chi connectivity index (χ0v) is 12.8. The highest BCUT2D eigenvalue weighted by Gasteiger charge is 2.34. The van der Waals surface area contributed by atoms with Gasteiger partial charge in [-0.3, -0.25) is 14.5 Å². The fourth-order valence-electron chi connectivity index (χ4n) is 2.46. The molecule has 1 aromatic heterocycles. The van der Waals surface area contributed by atoms with Gasteiger partial charge in [0.1, 0.15) is 0 Å². The van der Waals surface area contributed by atoms with E-state index < -0.39 is 17.8 Å². The van der Waals surface area contributed by atoms with E-state index in [9.17, 15) is 19.5 Å². The van der Waals surface area contributed by atoms with E-state index in [0.29, 0.717) is 16.7 Å². The van der Waals surface area contributed by atoms with E-state index in [-0.39, 0.29) is 13.0 Å².